The third kappa shape index (κ3) is 11.8. The standard InChI is InChI=1S/C16H10F4O4.C16H10F4O2/c17-15(18)23-11-5-1-9(2-6-11)13(21)14(22)10-3-7-12(8-4-10)24-16(19)20;17-15(18)21-13-7-3-11(4-8-13)1-2-12-5-9-14(10-6-12)22-16(19)20/h1-8,15-16H;3-10,15-16H. The van der Waals surface area contributed by atoms with Gasteiger partial charge in [-0.05, 0) is 97.1 Å². The highest BCUT2D eigenvalue weighted by molar-refractivity contribution is 6.49. The molecular weight excluding hydrogens is 632 g/mol. The van der Waals surface area contributed by atoms with E-state index < -0.39 is 38.0 Å². The number of carbonyl (C=O) groups is 2. The van der Waals surface area contributed by atoms with E-state index in [1.165, 1.54) is 48.5 Å². The lowest BCUT2D eigenvalue weighted by molar-refractivity contribution is -0.0505. The van der Waals surface area contributed by atoms with Crippen LogP contribution in [-0.4, -0.2) is 38.0 Å². The Morgan fingerprint density at radius 1 is 0.391 bits per heavy atom. The molecule has 4 aromatic rings. The van der Waals surface area contributed by atoms with Crippen LogP contribution in [0, 0.1) is 11.8 Å². The predicted molar refractivity (Wildman–Crippen MR) is 147 cm³/mol. The van der Waals surface area contributed by atoms with E-state index in [2.05, 4.69) is 30.8 Å². The van der Waals surface area contributed by atoms with Crippen LogP contribution in [0.15, 0.2) is 97.1 Å². The number of rotatable bonds is 11. The minimum atomic E-state index is -3.00. The molecule has 6 nitrogen and oxygen atoms in total. The number of ketones is 2. The van der Waals surface area contributed by atoms with Gasteiger partial charge < -0.3 is 18.9 Å². The maximum absolute atomic E-state index is 12.1. The smallest absolute Gasteiger partial charge is 0.387 e. The second kappa shape index (κ2) is 17.0. The van der Waals surface area contributed by atoms with Gasteiger partial charge in [0.05, 0.1) is 0 Å². The molecule has 14 heteroatoms. The Balaban J connectivity index is 0.000000251. The molecule has 0 fully saturated rings. The summed E-state index contributed by atoms with van der Waals surface area (Å²) in [7, 11) is 0. The van der Waals surface area contributed by atoms with Gasteiger partial charge in [0.15, 0.2) is 0 Å². The van der Waals surface area contributed by atoms with Crippen molar-refractivity contribution in [3.63, 3.8) is 0 Å². The lowest BCUT2D eigenvalue weighted by Gasteiger charge is -2.06. The van der Waals surface area contributed by atoms with E-state index >= 15 is 0 Å². The molecule has 0 aliphatic heterocycles. The molecule has 0 spiro atoms. The van der Waals surface area contributed by atoms with E-state index in [1.54, 1.807) is 24.3 Å². The van der Waals surface area contributed by atoms with Gasteiger partial charge in [0.25, 0.3) is 0 Å². The van der Waals surface area contributed by atoms with Crippen LogP contribution in [-0.2, 0) is 0 Å². The van der Waals surface area contributed by atoms with Crippen LogP contribution < -0.4 is 18.9 Å². The third-order valence-corrected chi connectivity index (χ3v) is 5.40. The molecule has 0 aliphatic carbocycles. The Morgan fingerprint density at radius 2 is 0.609 bits per heavy atom. The van der Waals surface area contributed by atoms with Gasteiger partial charge in [-0.15, -0.1) is 0 Å². The first-order chi connectivity index (χ1) is 21.9. The van der Waals surface area contributed by atoms with Crippen molar-refractivity contribution >= 4 is 11.6 Å². The van der Waals surface area contributed by atoms with Crippen molar-refractivity contribution in [2.45, 2.75) is 26.4 Å². The van der Waals surface area contributed by atoms with Crippen molar-refractivity contribution in [3.8, 4) is 34.8 Å². The molecule has 0 heterocycles. The Kier molecular flexibility index (Phi) is 12.9. The molecule has 0 atom stereocenters. The van der Waals surface area contributed by atoms with Crippen LogP contribution in [0.5, 0.6) is 23.0 Å². The fourth-order valence-corrected chi connectivity index (χ4v) is 3.42. The van der Waals surface area contributed by atoms with Gasteiger partial charge in [-0.2, -0.15) is 35.1 Å². The first kappa shape index (κ1) is 34.9. The molecule has 0 amide bonds. The van der Waals surface area contributed by atoms with Crippen LogP contribution in [0.1, 0.15) is 31.8 Å². The molecule has 0 unspecified atom stereocenters. The summed E-state index contributed by atoms with van der Waals surface area (Å²) in [5, 5.41) is 0. The van der Waals surface area contributed by atoms with Crippen LogP contribution in [0.3, 0.4) is 0 Å². The van der Waals surface area contributed by atoms with Crippen LogP contribution in [0.2, 0.25) is 0 Å². The van der Waals surface area contributed by atoms with Gasteiger partial charge in [0.2, 0.25) is 11.6 Å². The van der Waals surface area contributed by atoms with Crippen molar-refractivity contribution in [1.82, 2.24) is 0 Å². The Labute approximate surface area is 256 Å². The lowest BCUT2D eigenvalue weighted by Crippen LogP contribution is -2.14. The number of hydrogen-bond donors (Lipinski definition) is 0. The van der Waals surface area contributed by atoms with Crippen molar-refractivity contribution < 1.29 is 63.7 Å². The van der Waals surface area contributed by atoms with Gasteiger partial charge in [-0.3, -0.25) is 9.59 Å². The highest BCUT2D eigenvalue weighted by Crippen LogP contribution is 2.19. The molecule has 0 saturated carbocycles. The fourth-order valence-electron chi connectivity index (χ4n) is 3.42. The molecule has 46 heavy (non-hydrogen) atoms. The number of carbonyl (C=O) groups excluding carboxylic acids is 2. The van der Waals surface area contributed by atoms with Gasteiger partial charge in [0.1, 0.15) is 23.0 Å². The van der Waals surface area contributed by atoms with Crippen LogP contribution in [0.4, 0.5) is 35.1 Å². The Hall–Kier alpha value is -5.58. The maximum Gasteiger partial charge on any atom is 0.387 e. The summed E-state index contributed by atoms with van der Waals surface area (Å²) in [6.45, 7) is -11.7. The van der Waals surface area contributed by atoms with E-state index in [0.717, 1.165) is 24.3 Å². The summed E-state index contributed by atoms with van der Waals surface area (Å²) in [6.07, 6.45) is 0. The summed E-state index contributed by atoms with van der Waals surface area (Å²) >= 11 is 0. The zero-order valence-corrected chi connectivity index (χ0v) is 23.0. The number of benzene rings is 4. The predicted octanol–water partition coefficient (Wildman–Crippen LogP) is 8.24. The van der Waals surface area contributed by atoms with Crippen molar-refractivity contribution in [2.24, 2.45) is 0 Å². The molecule has 0 aliphatic rings. The highest BCUT2D eigenvalue weighted by atomic mass is 19.3. The minimum Gasteiger partial charge on any atom is -0.435 e. The second-order valence-electron chi connectivity index (χ2n) is 8.52. The number of ether oxygens (including phenoxy) is 4. The summed E-state index contributed by atoms with van der Waals surface area (Å²) in [6, 6.07) is 20.9. The molecule has 0 saturated heterocycles. The van der Waals surface area contributed by atoms with Crippen molar-refractivity contribution in [1.29, 1.82) is 0 Å². The molecule has 0 N–H and O–H groups in total. The number of alkyl halides is 8. The summed E-state index contributed by atoms with van der Waals surface area (Å²) < 4.78 is 113. The summed E-state index contributed by atoms with van der Waals surface area (Å²) in [4.78, 5) is 24.1. The summed E-state index contributed by atoms with van der Waals surface area (Å²) in [5.41, 5.74) is 1.17. The average molecular weight is 652 g/mol. The number of Topliss-reactive ketones (excluding diaryl/α,β-unsaturated/α-hetero) is 2. The van der Waals surface area contributed by atoms with E-state index in [9.17, 15) is 44.7 Å². The monoisotopic (exact) mass is 652 g/mol. The topological polar surface area (TPSA) is 71.1 Å². The zero-order chi connectivity index (χ0) is 33.6. The summed E-state index contributed by atoms with van der Waals surface area (Å²) in [5.74, 6) is 3.69. The average Bonchev–Trinajstić information content (AvgIpc) is 3.01. The van der Waals surface area contributed by atoms with E-state index in [4.69, 9.17) is 0 Å². The SMILES string of the molecule is FC(F)Oc1ccc(C#Cc2ccc(OC(F)F)cc2)cc1.O=C(C(=O)c1ccc(OC(F)F)cc1)c1ccc(OC(F)F)cc1. The Morgan fingerprint density at radius 3 is 0.826 bits per heavy atom. The maximum atomic E-state index is 12.1. The first-order valence-electron chi connectivity index (χ1n) is 12.7. The number of halogens is 8. The molecule has 4 rings (SSSR count). The van der Waals surface area contributed by atoms with E-state index in [1.807, 2.05) is 0 Å². The third-order valence-electron chi connectivity index (χ3n) is 5.40. The molecular formula is C32H20F8O6. The lowest BCUT2D eigenvalue weighted by atomic mass is 10.0. The second-order valence-corrected chi connectivity index (χ2v) is 8.52. The van der Waals surface area contributed by atoms with E-state index in [0.29, 0.717) is 11.1 Å². The minimum absolute atomic E-state index is 0.0190. The fraction of sp³-hybridized carbons (Fsp3) is 0.125. The van der Waals surface area contributed by atoms with E-state index in [-0.39, 0.29) is 34.1 Å². The quantitative estimate of drug-likeness (QED) is 0.0704. The van der Waals surface area contributed by atoms with Crippen molar-refractivity contribution in [2.75, 3.05) is 0 Å². The van der Waals surface area contributed by atoms with Gasteiger partial charge in [-0.25, -0.2) is 0 Å². The largest absolute Gasteiger partial charge is 0.435 e. The normalized spacial score (nSPS) is 10.5. The molecule has 0 bridgehead atoms. The first-order valence-corrected chi connectivity index (χ1v) is 12.7. The molecule has 4 aromatic carbocycles. The zero-order valence-electron chi connectivity index (χ0n) is 23.0. The van der Waals surface area contributed by atoms with Gasteiger partial charge in [0, 0.05) is 22.3 Å². The van der Waals surface area contributed by atoms with Gasteiger partial charge in [-0.1, -0.05) is 11.8 Å². The molecule has 240 valence electrons. The molecule has 0 radical (unpaired) electrons. The molecule has 0 aromatic heterocycles. The number of hydrogen-bond acceptors (Lipinski definition) is 6. The highest BCUT2D eigenvalue weighted by Gasteiger charge is 2.19. The van der Waals surface area contributed by atoms with Crippen LogP contribution >= 0.6 is 0 Å². The van der Waals surface area contributed by atoms with Crippen LogP contribution in [0.25, 0.3) is 0 Å². The van der Waals surface area contributed by atoms with Crippen molar-refractivity contribution in [3.05, 3.63) is 119 Å². The Bertz CT molecular complexity index is 1490. The van der Waals surface area contributed by atoms with Gasteiger partial charge >= 0.3 is 26.4 Å².